The van der Waals surface area contributed by atoms with Crippen molar-refractivity contribution in [2.75, 3.05) is 26.9 Å². The molecule has 7 heteroatoms. The minimum absolute atomic E-state index is 0. The maximum atomic E-state index is 6.21. The summed E-state index contributed by atoms with van der Waals surface area (Å²) < 4.78 is 16.9. The van der Waals surface area contributed by atoms with Crippen LogP contribution in [0.15, 0.2) is 47.5 Å². The van der Waals surface area contributed by atoms with Gasteiger partial charge in [-0.15, -0.1) is 24.0 Å². The van der Waals surface area contributed by atoms with Crippen molar-refractivity contribution in [3.8, 4) is 5.75 Å². The van der Waals surface area contributed by atoms with E-state index >= 15 is 0 Å². The number of rotatable bonds is 9. The Morgan fingerprint density at radius 1 is 1.16 bits per heavy atom. The summed E-state index contributed by atoms with van der Waals surface area (Å²) in [5, 5.41) is 6.75. The van der Waals surface area contributed by atoms with E-state index in [1.54, 1.807) is 7.11 Å². The molecule has 0 bridgehead atoms. The molecule has 170 valence electrons. The Morgan fingerprint density at radius 3 is 2.74 bits per heavy atom. The van der Waals surface area contributed by atoms with Crippen molar-refractivity contribution in [1.82, 2.24) is 10.6 Å². The van der Waals surface area contributed by atoms with E-state index in [1.807, 2.05) is 6.07 Å². The first-order valence-corrected chi connectivity index (χ1v) is 10.6. The lowest BCUT2D eigenvalue weighted by Crippen LogP contribution is -2.37. The number of methoxy groups -OCH3 is 1. The highest BCUT2D eigenvalue weighted by Gasteiger charge is 2.18. The molecule has 0 saturated carbocycles. The molecule has 2 N–H and O–H groups in total. The van der Waals surface area contributed by atoms with Crippen LogP contribution in [0.5, 0.6) is 5.75 Å². The van der Waals surface area contributed by atoms with Crippen LogP contribution in [-0.2, 0) is 29.2 Å². The van der Waals surface area contributed by atoms with Gasteiger partial charge in [0.1, 0.15) is 11.9 Å². The zero-order valence-corrected chi connectivity index (χ0v) is 21.0. The smallest absolute Gasteiger partial charge is 0.191 e. The van der Waals surface area contributed by atoms with Crippen molar-refractivity contribution in [2.45, 2.75) is 46.1 Å². The summed E-state index contributed by atoms with van der Waals surface area (Å²) in [5.74, 6) is 1.70. The zero-order chi connectivity index (χ0) is 21.2. The first-order valence-electron chi connectivity index (χ1n) is 10.6. The number of guanidine groups is 1. The van der Waals surface area contributed by atoms with Gasteiger partial charge in [0.15, 0.2) is 5.96 Å². The summed E-state index contributed by atoms with van der Waals surface area (Å²) in [6.07, 6.45) is 1.07. The van der Waals surface area contributed by atoms with E-state index in [0.29, 0.717) is 26.3 Å². The van der Waals surface area contributed by atoms with Crippen molar-refractivity contribution < 1.29 is 14.2 Å². The molecule has 2 aromatic carbocycles. The summed E-state index contributed by atoms with van der Waals surface area (Å²) >= 11 is 0. The Balaban J connectivity index is 0.00000341. The first-order chi connectivity index (χ1) is 14.7. The van der Waals surface area contributed by atoms with Gasteiger partial charge < -0.3 is 24.8 Å². The minimum atomic E-state index is 0. The summed E-state index contributed by atoms with van der Waals surface area (Å²) in [6.45, 7) is 8.22. The molecule has 1 saturated heterocycles. The van der Waals surface area contributed by atoms with Crippen molar-refractivity contribution in [3.05, 3.63) is 64.7 Å². The second-order valence-electron chi connectivity index (χ2n) is 7.52. The van der Waals surface area contributed by atoms with Gasteiger partial charge >= 0.3 is 0 Å². The largest absolute Gasteiger partial charge is 0.488 e. The predicted molar refractivity (Wildman–Crippen MR) is 135 cm³/mol. The van der Waals surface area contributed by atoms with Gasteiger partial charge in [-0.25, -0.2) is 4.99 Å². The van der Waals surface area contributed by atoms with E-state index in [4.69, 9.17) is 19.2 Å². The number of halogens is 1. The average Bonchev–Trinajstić information content (AvgIpc) is 3.25. The normalized spacial score (nSPS) is 16.0. The highest BCUT2D eigenvalue weighted by atomic mass is 127. The average molecular weight is 539 g/mol. The molecule has 1 fully saturated rings. The van der Waals surface area contributed by atoms with Crippen molar-refractivity contribution in [3.63, 3.8) is 0 Å². The van der Waals surface area contributed by atoms with Gasteiger partial charge in [0.05, 0.1) is 26.4 Å². The van der Waals surface area contributed by atoms with E-state index in [-0.39, 0.29) is 30.1 Å². The number of hydrogen-bond acceptors (Lipinski definition) is 4. The fraction of sp³-hybridized carbons (Fsp3) is 0.458. The van der Waals surface area contributed by atoms with E-state index in [9.17, 15) is 0 Å². The quantitative estimate of drug-likeness (QED) is 0.285. The second-order valence-corrected chi connectivity index (χ2v) is 7.52. The van der Waals surface area contributed by atoms with Gasteiger partial charge in [-0.05, 0) is 36.6 Å². The molecule has 0 aliphatic carbocycles. The fourth-order valence-electron chi connectivity index (χ4n) is 3.38. The molecular formula is C24H34IN3O3. The van der Waals surface area contributed by atoms with Gasteiger partial charge in [-0.1, -0.05) is 36.4 Å². The van der Waals surface area contributed by atoms with Crippen LogP contribution in [0.3, 0.4) is 0 Å². The molecular weight excluding hydrogens is 505 g/mol. The Kier molecular flexibility index (Phi) is 11.1. The predicted octanol–water partition coefficient (Wildman–Crippen LogP) is 4.18. The summed E-state index contributed by atoms with van der Waals surface area (Å²) in [7, 11) is 1.71. The molecule has 0 radical (unpaired) electrons. The number of nitrogens with one attached hydrogen (secondary N) is 2. The molecule has 1 aliphatic rings. The molecule has 3 rings (SSSR count). The number of ether oxygens (including phenoxy) is 3. The lowest BCUT2D eigenvalue weighted by atomic mass is 10.1. The molecule has 2 aromatic rings. The highest BCUT2D eigenvalue weighted by Crippen LogP contribution is 2.23. The van der Waals surface area contributed by atoms with Gasteiger partial charge in [0.2, 0.25) is 0 Å². The molecule has 1 atom stereocenters. The topological polar surface area (TPSA) is 64.1 Å². The molecule has 0 spiro atoms. The highest BCUT2D eigenvalue weighted by molar-refractivity contribution is 14.0. The van der Waals surface area contributed by atoms with Crippen LogP contribution in [0.2, 0.25) is 0 Å². The van der Waals surface area contributed by atoms with Crippen LogP contribution in [-0.4, -0.2) is 38.9 Å². The number of aryl methyl sites for hydroxylation is 1. The van der Waals surface area contributed by atoms with Gasteiger partial charge in [0, 0.05) is 32.2 Å². The van der Waals surface area contributed by atoms with Crippen LogP contribution in [0.4, 0.5) is 0 Å². The van der Waals surface area contributed by atoms with Gasteiger partial charge in [-0.3, -0.25) is 0 Å². The summed E-state index contributed by atoms with van der Waals surface area (Å²) in [5.41, 5.74) is 4.60. The van der Waals surface area contributed by atoms with E-state index in [0.717, 1.165) is 48.0 Å². The van der Waals surface area contributed by atoms with E-state index in [2.05, 4.69) is 60.9 Å². The molecule has 1 aliphatic heterocycles. The van der Waals surface area contributed by atoms with Crippen LogP contribution in [0, 0.1) is 6.92 Å². The molecule has 0 aromatic heterocycles. The van der Waals surface area contributed by atoms with Gasteiger partial charge in [0.25, 0.3) is 0 Å². The lowest BCUT2D eigenvalue weighted by molar-refractivity contribution is 0.140. The van der Waals surface area contributed by atoms with Gasteiger partial charge in [-0.2, -0.15) is 0 Å². The summed E-state index contributed by atoms with van der Waals surface area (Å²) in [4.78, 5) is 4.74. The lowest BCUT2D eigenvalue weighted by Gasteiger charge is -2.18. The van der Waals surface area contributed by atoms with E-state index in [1.165, 1.54) is 5.56 Å². The molecule has 1 unspecified atom stereocenters. The SMILES string of the molecule is CCNC(=NCc1cccc(COC)c1)NCc1ccc(C)cc1OC1CCOC1.I. The fourth-order valence-corrected chi connectivity index (χ4v) is 3.38. The maximum absolute atomic E-state index is 6.21. The zero-order valence-electron chi connectivity index (χ0n) is 18.6. The molecule has 0 amide bonds. The van der Waals surface area contributed by atoms with Crippen LogP contribution < -0.4 is 15.4 Å². The third kappa shape index (κ3) is 8.31. The second kappa shape index (κ2) is 13.5. The summed E-state index contributed by atoms with van der Waals surface area (Å²) in [6, 6.07) is 14.6. The molecule has 31 heavy (non-hydrogen) atoms. The van der Waals surface area contributed by atoms with E-state index < -0.39 is 0 Å². The third-order valence-electron chi connectivity index (χ3n) is 4.92. The minimum Gasteiger partial charge on any atom is -0.488 e. The van der Waals surface area contributed by atoms with Crippen molar-refractivity contribution in [1.29, 1.82) is 0 Å². The number of nitrogens with zero attached hydrogens (tertiary/aromatic N) is 1. The van der Waals surface area contributed by atoms with Crippen LogP contribution >= 0.6 is 24.0 Å². The molecule has 6 nitrogen and oxygen atoms in total. The Hall–Kier alpha value is -1.84. The Labute approximate surface area is 202 Å². The van der Waals surface area contributed by atoms with Crippen LogP contribution in [0.25, 0.3) is 0 Å². The Bertz CT molecular complexity index is 839. The van der Waals surface area contributed by atoms with Crippen molar-refractivity contribution >= 4 is 29.9 Å². The standard InChI is InChI=1S/C24H33N3O3.HI/c1-4-25-24(26-14-19-6-5-7-20(13-19)16-28-3)27-15-21-9-8-18(2)12-23(21)30-22-10-11-29-17-22;/h5-9,12-13,22H,4,10-11,14-17H2,1-3H3,(H2,25,26,27);1H. The number of benzene rings is 2. The molecule has 1 heterocycles. The van der Waals surface area contributed by atoms with Crippen molar-refractivity contribution in [2.24, 2.45) is 4.99 Å². The number of aliphatic imine (C=N–C) groups is 1. The number of hydrogen-bond donors (Lipinski definition) is 2. The Morgan fingerprint density at radius 2 is 2.00 bits per heavy atom. The first kappa shape index (κ1) is 25.4. The van der Waals surface area contributed by atoms with Crippen LogP contribution in [0.1, 0.15) is 35.6 Å². The monoisotopic (exact) mass is 539 g/mol. The third-order valence-corrected chi connectivity index (χ3v) is 4.92. The maximum Gasteiger partial charge on any atom is 0.191 e.